The molecule has 0 fully saturated rings. The lowest BCUT2D eigenvalue weighted by Crippen LogP contribution is -2.30. The van der Waals surface area contributed by atoms with E-state index in [1.807, 2.05) is 50.2 Å². The van der Waals surface area contributed by atoms with E-state index >= 15 is 0 Å². The Morgan fingerprint density at radius 1 is 1.11 bits per heavy atom. The number of aryl methyl sites for hydroxylation is 2. The molecule has 0 unspecified atom stereocenters. The van der Waals surface area contributed by atoms with Crippen LogP contribution < -0.4 is 0 Å². The van der Waals surface area contributed by atoms with Gasteiger partial charge in [-0.15, -0.1) is 0 Å². The molecule has 0 aliphatic rings. The molecule has 0 radical (unpaired) electrons. The predicted octanol–water partition coefficient (Wildman–Crippen LogP) is 2.70. The number of carbonyl (C=O) groups is 2. The fourth-order valence-corrected chi connectivity index (χ4v) is 2.76. The highest BCUT2D eigenvalue weighted by molar-refractivity contribution is 5.91. The van der Waals surface area contributed by atoms with Gasteiger partial charge in [-0.3, -0.25) is 4.79 Å². The molecule has 0 atom stereocenters. The molecule has 144 valence electrons. The van der Waals surface area contributed by atoms with Gasteiger partial charge in [-0.05, 0) is 37.6 Å². The molecule has 0 bridgehead atoms. The number of ether oxygens (including phenoxy) is 1. The van der Waals surface area contributed by atoms with Crippen molar-refractivity contribution < 1.29 is 14.3 Å². The van der Waals surface area contributed by atoms with Crippen LogP contribution in [0, 0.1) is 13.8 Å². The van der Waals surface area contributed by atoms with Gasteiger partial charge in [0.2, 0.25) is 0 Å². The molecular formula is C21H22N4O3. The van der Waals surface area contributed by atoms with Crippen LogP contribution in [0.4, 0.5) is 0 Å². The first-order valence-corrected chi connectivity index (χ1v) is 8.89. The summed E-state index contributed by atoms with van der Waals surface area (Å²) < 4.78 is 6.83. The fraction of sp³-hybridized carbons (Fsp3) is 0.238. The van der Waals surface area contributed by atoms with Gasteiger partial charge in [-0.1, -0.05) is 30.3 Å². The van der Waals surface area contributed by atoms with Gasteiger partial charge >= 0.3 is 5.97 Å². The Morgan fingerprint density at radius 3 is 2.46 bits per heavy atom. The minimum atomic E-state index is -0.589. The summed E-state index contributed by atoms with van der Waals surface area (Å²) in [5.41, 5.74) is 3.13. The molecule has 1 amide bonds. The number of carbonyl (C=O) groups excluding carboxylic acids is 2. The number of likely N-dealkylation sites (N-methyl/N-ethyl adjacent to an activating group) is 1. The van der Waals surface area contributed by atoms with Crippen molar-refractivity contribution in [2.75, 3.05) is 13.7 Å². The van der Waals surface area contributed by atoms with Gasteiger partial charge in [0.25, 0.3) is 5.91 Å². The summed E-state index contributed by atoms with van der Waals surface area (Å²) in [6.07, 6.45) is 1.42. The Bertz CT molecular complexity index is 965. The minimum Gasteiger partial charge on any atom is -0.452 e. The maximum atomic E-state index is 12.2. The van der Waals surface area contributed by atoms with Crippen molar-refractivity contribution in [3.63, 3.8) is 0 Å². The summed E-state index contributed by atoms with van der Waals surface area (Å²) in [5.74, 6) is -0.251. The SMILES string of the molecule is Cc1cc(C)n(-c2ccc(C(=O)OCC(=O)N(C)Cc3ccccc3)cn2)n1. The van der Waals surface area contributed by atoms with Crippen LogP contribution in [-0.2, 0) is 16.1 Å². The van der Waals surface area contributed by atoms with Crippen LogP contribution in [0.5, 0.6) is 0 Å². The molecule has 2 heterocycles. The largest absolute Gasteiger partial charge is 0.452 e. The number of aromatic nitrogens is 3. The summed E-state index contributed by atoms with van der Waals surface area (Å²) in [6.45, 7) is 3.97. The number of pyridine rings is 1. The summed E-state index contributed by atoms with van der Waals surface area (Å²) in [4.78, 5) is 30.2. The highest BCUT2D eigenvalue weighted by Crippen LogP contribution is 2.11. The van der Waals surface area contributed by atoms with E-state index in [9.17, 15) is 9.59 Å². The number of hydrogen-bond acceptors (Lipinski definition) is 5. The van der Waals surface area contributed by atoms with E-state index < -0.39 is 5.97 Å². The first kappa shape index (κ1) is 19.3. The summed E-state index contributed by atoms with van der Waals surface area (Å²) in [6, 6.07) is 14.9. The molecule has 0 aliphatic heterocycles. The summed E-state index contributed by atoms with van der Waals surface area (Å²) in [5, 5.41) is 4.36. The van der Waals surface area contributed by atoms with Gasteiger partial charge in [0, 0.05) is 25.5 Å². The van der Waals surface area contributed by atoms with E-state index in [2.05, 4.69) is 10.1 Å². The molecular weight excluding hydrogens is 356 g/mol. The number of benzene rings is 1. The van der Waals surface area contributed by atoms with Crippen molar-refractivity contribution in [1.29, 1.82) is 0 Å². The van der Waals surface area contributed by atoms with Gasteiger partial charge in [-0.2, -0.15) is 5.10 Å². The molecule has 0 saturated carbocycles. The lowest BCUT2D eigenvalue weighted by Gasteiger charge is -2.17. The van der Waals surface area contributed by atoms with Crippen molar-refractivity contribution in [2.24, 2.45) is 0 Å². The minimum absolute atomic E-state index is 0.274. The van der Waals surface area contributed by atoms with E-state index in [-0.39, 0.29) is 18.1 Å². The first-order valence-electron chi connectivity index (χ1n) is 8.89. The van der Waals surface area contributed by atoms with Crippen LogP contribution in [-0.4, -0.2) is 45.2 Å². The molecule has 7 heteroatoms. The third-order valence-electron chi connectivity index (χ3n) is 4.23. The third kappa shape index (κ3) is 4.62. The standard InChI is InChI=1S/C21H22N4O3/c1-15-11-16(2)25(23-15)19-10-9-18(12-22-19)21(27)28-14-20(26)24(3)13-17-7-5-4-6-8-17/h4-12H,13-14H2,1-3H3. The van der Waals surface area contributed by atoms with Gasteiger partial charge < -0.3 is 9.64 Å². The second-order valence-corrected chi connectivity index (χ2v) is 6.56. The molecule has 0 spiro atoms. The van der Waals surface area contributed by atoms with Crippen LogP contribution in [0.25, 0.3) is 5.82 Å². The van der Waals surface area contributed by atoms with Crippen molar-refractivity contribution in [2.45, 2.75) is 20.4 Å². The zero-order chi connectivity index (χ0) is 20.1. The average molecular weight is 378 g/mol. The average Bonchev–Trinajstić information content (AvgIpc) is 3.04. The van der Waals surface area contributed by atoms with Crippen molar-refractivity contribution in [1.82, 2.24) is 19.7 Å². The molecule has 1 aromatic carbocycles. The molecule has 3 rings (SSSR count). The predicted molar refractivity (Wildman–Crippen MR) is 104 cm³/mol. The summed E-state index contributed by atoms with van der Waals surface area (Å²) >= 11 is 0. The molecule has 0 saturated heterocycles. The Hall–Kier alpha value is -3.48. The van der Waals surface area contributed by atoms with E-state index in [0.29, 0.717) is 12.4 Å². The molecule has 28 heavy (non-hydrogen) atoms. The van der Waals surface area contributed by atoms with Gasteiger partial charge in [0.05, 0.1) is 11.3 Å². The van der Waals surface area contributed by atoms with Crippen LogP contribution in [0.3, 0.4) is 0 Å². The Balaban J connectivity index is 1.56. The smallest absolute Gasteiger partial charge is 0.340 e. The lowest BCUT2D eigenvalue weighted by atomic mass is 10.2. The van der Waals surface area contributed by atoms with E-state index in [1.54, 1.807) is 23.9 Å². The van der Waals surface area contributed by atoms with Gasteiger partial charge in [-0.25, -0.2) is 14.5 Å². The Labute approximate surface area is 163 Å². The first-order chi connectivity index (χ1) is 13.4. The highest BCUT2D eigenvalue weighted by atomic mass is 16.5. The van der Waals surface area contributed by atoms with E-state index in [1.165, 1.54) is 11.1 Å². The quantitative estimate of drug-likeness (QED) is 0.617. The van der Waals surface area contributed by atoms with E-state index in [4.69, 9.17) is 4.74 Å². The number of amides is 1. The van der Waals surface area contributed by atoms with Crippen LogP contribution in [0.1, 0.15) is 27.3 Å². The number of nitrogens with zero attached hydrogens (tertiary/aromatic N) is 4. The van der Waals surface area contributed by atoms with E-state index in [0.717, 1.165) is 17.0 Å². The topological polar surface area (TPSA) is 77.3 Å². The number of esters is 1. The lowest BCUT2D eigenvalue weighted by molar-refractivity contribution is -0.133. The third-order valence-corrected chi connectivity index (χ3v) is 4.23. The molecule has 7 nitrogen and oxygen atoms in total. The fourth-order valence-electron chi connectivity index (χ4n) is 2.76. The van der Waals surface area contributed by atoms with Crippen LogP contribution in [0.2, 0.25) is 0 Å². The Morgan fingerprint density at radius 2 is 1.86 bits per heavy atom. The Kier molecular flexibility index (Phi) is 5.84. The zero-order valence-electron chi connectivity index (χ0n) is 16.1. The number of hydrogen-bond donors (Lipinski definition) is 0. The van der Waals surface area contributed by atoms with Crippen molar-refractivity contribution in [3.05, 3.63) is 77.2 Å². The second kappa shape index (κ2) is 8.47. The maximum absolute atomic E-state index is 12.2. The zero-order valence-corrected chi connectivity index (χ0v) is 16.1. The van der Waals surface area contributed by atoms with Gasteiger partial charge in [0.1, 0.15) is 0 Å². The maximum Gasteiger partial charge on any atom is 0.340 e. The molecule has 3 aromatic rings. The molecule has 0 N–H and O–H groups in total. The molecule has 0 aliphatic carbocycles. The van der Waals surface area contributed by atoms with Crippen molar-refractivity contribution in [3.8, 4) is 5.82 Å². The van der Waals surface area contributed by atoms with Crippen LogP contribution in [0.15, 0.2) is 54.7 Å². The number of rotatable bonds is 6. The normalized spacial score (nSPS) is 10.5. The second-order valence-electron chi connectivity index (χ2n) is 6.56. The van der Waals surface area contributed by atoms with Gasteiger partial charge in [0.15, 0.2) is 12.4 Å². The highest BCUT2D eigenvalue weighted by Gasteiger charge is 2.15. The summed E-state index contributed by atoms with van der Waals surface area (Å²) in [7, 11) is 1.67. The molecule has 2 aromatic heterocycles. The van der Waals surface area contributed by atoms with Crippen molar-refractivity contribution >= 4 is 11.9 Å². The van der Waals surface area contributed by atoms with Crippen LogP contribution >= 0.6 is 0 Å². The monoisotopic (exact) mass is 378 g/mol.